The van der Waals surface area contributed by atoms with E-state index in [0.717, 1.165) is 0 Å². The molecule has 2 heterocycles. The van der Waals surface area contributed by atoms with Crippen LogP contribution in [0.5, 0.6) is 0 Å². The first-order valence-electron chi connectivity index (χ1n) is 4.67. The second kappa shape index (κ2) is 4.89. The summed E-state index contributed by atoms with van der Waals surface area (Å²) in [6.45, 7) is 2.37. The second-order valence-corrected chi connectivity index (χ2v) is 3.63. The van der Waals surface area contributed by atoms with Crippen molar-refractivity contribution in [3.05, 3.63) is 11.7 Å². The third kappa shape index (κ3) is 2.66. The largest absolute Gasteiger partial charge is 0.392 e. The number of aliphatic hydroxyl groups is 1. The molecule has 0 spiro atoms. The van der Waals surface area contributed by atoms with Crippen molar-refractivity contribution < 1.29 is 9.63 Å². The lowest BCUT2D eigenvalue weighted by Gasteiger charge is -2.01. The number of hydrogen-bond acceptors (Lipinski definition) is 6. The molecule has 1 aliphatic rings. The predicted molar refractivity (Wildman–Crippen MR) is 55.5 cm³/mol. The number of rotatable bonds is 2. The Kier molecular flexibility index (Phi) is 4.04. The summed E-state index contributed by atoms with van der Waals surface area (Å²) in [7, 11) is 0. The van der Waals surface area contributed by atoms with Crippen LogP contribution in [0.1, 0.15) is 37.1 Å². The number of aromatic nitrogens is 2. The molecule has 15 heavy (non-hydrogen) atoms. The summed E-state index contributed by atoms with van der Waals surface area (Å²) >= 11 is 0. The van der Waals surface area contributed by atoms with Crippen molar-refractivity contribution >= 4 is 12.4 Å². The molecule has 0 radical (unpaired) electrons. The molecule has 4 N–H and O–H groups in total. The normalized spacial score (nSPS) is 27.4. The molecule has 0 bridgehead atoms. The molecule has 7 heteroatoms. The third-order valence-electron chi connectivity index (χ3n) is 2.27. The van der Waals surface area contributed by atoms with Crippen LogP contribution in [0.2, 0.25) is 0 Å². The first-order valence-corrected chi connectivity index (χ1v) is 4.67. The lowest BCUT2D eigenvalue weighted by atomic mass is 10.2. The van der Waals surface area contributed by atoms with E-state index in [1.165, 1.54) is 0 Å². The van der Waals surface area contributed by atoms with Crippen LogP contribution in [-0.4, -0.2) is 27.9 Å². The quantitative estimate of drug-likeness (QED) is 0.662. The smallest absolute Gasteiger partial charge is 0.243 e. The minimum atomic E-state index is -0.328. The lowest BCUT2D eigenvalue weighted by molar-refractivity contribution is 0.191. The van der Waals surface area contributed by atoms with E-state index >= 15 is 0 Å². The molecular formula is C8H15ClN4O2. The van der Waals surface area contributed by atoms with Crippen LogP contribution >= 0.6 is 12.4 Å². The van der Waals surface area contributed by atoms with Gasteiger partial charge < -0.3 is 20.7 Å². The average molecular weight is 235 g/mol. The topological polar surface area (TPSA) is 97.2 Å². The van der Waals surface area contributed by atoms with Gasteiger partial charge in [0.25, 0.3) is 0 Å². The van der Waals surface area contributed by atoms with Gasteiger partial charge in [-0.05, 0) is 13.3 Å². The Hall–Kier alpha value is -0.690. The fourth-order valence-corrected chi connectivity index (χ4v) is 1.48. The second-order valence-electron chi connectivity index (χ2n) is 3.63. The fourth-order valence-electron chi connectivity index (χ4n) is 1.48. The number of halogens is 1. The average Bonchev–Trinajstić information content (AvgIpc) is 2.70. The number of nitrogens with zero attached hydrogens (tertiary/aromatic N) is 2. The Morgan fingerprint density at radius 2 is 2.40 bits per heavy atom. The highest BCUT2D eigenvalue weighted by Gasteiger charge is 2.28. The predicted octanol–water partition coefficient (Wildman–Crippen LogP) is -0.0936. The Balaban J connectivity index is 0.00000112. The molecule has 0 saturated carbocycles. The van der Waals surface area contributed by atoms with Gasteiger partial charge in [0, 0.05) is 6.54 Å². The number of β-amino-alcohol motifs (C(OH)–C–C–N with tert-alkyl or cyclic N) is 1. The minimum Gasteiger partial charge on any atom is -0.392 e. The maximum atomic E-state index is 9.30. The maximum absolute atomic E-state index is 9.30. The first-order chi connectivity index (χ1) is 6.66. The summed E-state index contributed by atoms with van der Waals surface area (Å²) in [6, 6.07) is -0.260. The van der Waals surface area contributed by atoms with Crippen LogP contribution in [0, 0.1) is 0 Å². The summed E-state index contributed by atoms with van der Waals surface area (Å²) in [5.41, 5.74) is 5.60. The summed E-state index contributed by atoms with van der Waals surface area (Å²) in [5.74, 6) is 1.01. The number of aliphatic hydroxyl groups excluding tert-OH is 1. The monoisotopic (exact) mass is 234 g/mol. The van der Waals surface area contributed by atoms with Gasteiger partial charge in [-0.1, -0.05) is 5.16 Å². The summed E-state index contributed by atoms with van der Waals surface area (Å²) < 4.78 is 5.04. The van der Waals surface area contributed by atoms with Gasteiger partial charge in [-0.25, -0.2) is 0 Å². The lowest BCUT2D eigenvalue weighted by Crippen LogP contribution is -2.15. The molecule has 0 amide bonds. The van der Waals surface area contributed by atoms with Gasteiger partial charge in [-0.2, -0.15) is 4.98 Å². The molecule has 1 aromatic rings. The van der Waals surface area contributed by atoms with Crippen LogP contribution in [0.15, 0.2) is 4.52 Å². The molecule has 3 atom stereocenters. The third-order valence-corrected chi connectivity index (χ3v) is 2.27. The van der Waals surface area contributed by atoms with Gasteiger partial charge in [0.15, 0.2) is 5.82 Å². The first kappa shape index (κ1) is 12.4. The molecule has 1 unspecified atom stereocenters. The summed E-state index contributed by atoms with van der Waals surface area (Å²) in [6.07, 6.45) is 0.284. The van der Waals surface area contributed by atoms with E-state index in [4.69, 9.17) is 10.3 Å². The van der Waals surface area contributed by atoms with Gasteiger partial charge in [-0.15, -0.1) is 12.4 Å². The van der Waals surface area contributed by atoms with E-state index in [9.17, 15) is 5.11 Å². The van der Waals surface area contributed by atoms with Crippen LogP contribution < -0.4 is 11.1 Å². The van der Waals surface area contributed by atoms with Gasteiger partial charge in [-0.3, -0.25) is 0 Å². The van der Waals surface area contributed by atoms with Gasteiger partial charge in [0.1, 0.15) is 0 Å². The van der Waals surface area contributed by atoms with Crippen molar-refractivity contribution in [2.45, 2.75) is 31.5 Å². The van der Waals surface area contributed by atoms with E-state index in [1.54, 1.807) is 6.92 Å². The van der Waals surface area contributed by atoms with Gasteiger partial charge >= 0.3 is 0 Å². The Bertz CT molecular complexity index is 317. The van der Waals surface area contributed by atoms with Crippen LogP contribution in [0.3, 0.4) is 0 Å². The van der Waals surface area contributed by atoms with Crippen LogP contribution in [-0.2, 0) is 0 Å². The van der Waals surface area contributed by atoms with Crippen molar-refractivity contribution in [1.29, 1.82) is 0 Å². The molecule has 0 aliphatic carbocycles. The van der Waals surface area contributed by atoms with Crippen molar-refractivity contribution in [2.75, 3.05) is 6.54 Å². The van der Waals surface area contributed by atoms with Crippen LogP contribution in [0.4, 0.5) is 0 Å². The highest BCUT2D eigenvalue weighted by molar-refractivity contribution is 5.85. The van der Waals surface area contributed by atoms with E-state index in [1.807, 2.05) is 0 Å². The molecule has 2 rings (SSSR count). The molecule has 1 fully saturated rings. The summed E-state index contributed by atoms with van der Waals surface area (Å²) in [5, 5.41) is 16.1. The maximum Gasteiger partial charge on any atom is 0.243 e. The van der Waals surface area contributed by atoms with Crippen molar-refractivity contribution in [2.24, 2.45) is 5.73 Å². The molecule has 6 nitrogen and oxygen atoms in total. The standard InChI is InChI=1S/C8H14N4O2.ClH/c1-4(9)7-11-8(14-12-7)6-2-5(13)3-10-6;/h4-6,10,13H,2-3,9H2,1H3;1H/t4?,5-,6-;/m1./s1. The molecule has 0 aromatic carbocycles. The SMILES string of the molecule is CC(N)c1noc([C@H]2C[C@@H](O)CN2)n1.Cl. The van der Waals surface area contributed by atoms with E-state index in [0.29, 0.717) is 24.7 Å². The number of nitrogens with one attached hydrogen (secondary N) is 1. The highest BCUT2D eigenvalue weighted by Crippen LogP contribution is 2.22. The summed E-state index contributed by atoms with van der Waals surface area (Å²) in [4.78, 5) is 4.15. The Morgan fingerprint density at radius 3 is 2.87 bits per heavy atom. The zero-order valence-corrected chi connectivity index (χ0v) is 9.20. The van der Waals surface area contributed by atoms with Gasteiger partial charge in [0.05, 0.1) is 18.2 Å². The van der Waals surface area contributed by atoms with E-state index in [-0.39, 0.29) is 30.6 Å². The zero-order chi connectivity index (χ0) is 10.1. The minimum absolute atomic E-state index is 0. The molecule has 1 aliphatic heterocycles. The van der Waals surface area contributed by atoms with Crippen molar-refractivity contribution in [1.82, 2.24) is 15.5 Å². The molecule has 86 valence electrons. The highest BCUT2D eigenvalue weighted by atomic mass is 35.5. The molecule has 1 saturated heterocycles. The van der Waals surface area contributed by atoms with Gasteiger partial charge in [0.2, 0.25) is 5.89 Å². The Morgan fingerprint density at radius 1 is 1.67 bits per heavy atom. The van der Waals surface area contributed by atoms with Crippen LogP contribution in [0.25, 0.3) is 0 Å². The zero-order valence-electron chi connectivity index (χ0n) is 8.38. The van der Waals surface area contributed by atoms with E-state index in [2.05, 4.69) is 15.5 Å². The number of nitrogens with two attached hydrogens (primary N) is 1. The van der Waals surface area contributed by atoms with E-state index < -0.39 is 0 Å². The van der Waals surface area contributed by atoms with Crippen molar-refractivity contribution in [3.63, 3.8) is 0 Å². The van der Waals surface area contributed by atoms with Crippen molar-refractivity contribution in [3.8, 4) is 0 Å². The number of hydrogen-bond donors (Lipinski definition) is 3. The molecule has 1 aromatic heterocycles. The fraction of sp³-hybridized carbons (Fsp3) is 0.750. The Labute approximate surface area is 93.6 Å². The molecular weight excluding hydrogens is 220 g/mol.